The highest BCUT2D eigenvalue weighted by molar-refractivity contribution is 6.61. The SMILES string of the molecule is C[C@H](NC(=O)OC(C)(C)C)C(=O)N1CCN(c2ncc(B3OC(C)(C)C(C)(C)O3)cn2)[C@H](C)C1. The number of ether oxygens (including phenoxy) is 1. The van der Waals surface area contributed by atoms with Gasteiger partial charge in [0.05, 0.1) is 11.2 Å². The molecule has 3 rings (SSSR count). The third-order valence-electron chi connectivity index (χ3n) is 6.48. The summed E-state index contributed by atoms with van der Waals surface area (Å²) in [5.74, 6) is 0.453. The predicted molar refractivity (Wildman–Crippen MR) is 130 cm³/mol. The molecule has 0 radical (unpaired) electrons. The van der Waals surface area contributed by atoms with Crippen molar-refractivity contribution in [1.29, 1.82) is 0 Å². The Balaban J connectivity index is 1.57. The van der Waals surface area contributed by atoms with Gasteiger partial charge in [0.25, 0.3) is 0 Å². The van der Waals surface area contributed by atoms with Crippen molar-refractivity contribution in [3.05, 3.63) is 12.4 Å². The topological polar surface area (TPSA) is 106 Å². The van der Waals surface area contributed by atoms with Crippen LogP contribution in [0.3, 0.4) is 0 Å². The Hall–Kier alpha value is -2.40. The smallest absolute Gasteiger partial charge is 0.444 e. The van der Waals surface area contributed by atoms with Crippen LogP contribution in [0.5, 0.6) is 0 Å². The van der Waals surface area contributed by atoms with E-state index in [0.717, 1.165) is 5.46 Å². The number of alkyl carbamates (subject to hydrolysis) is 1. The van der Waals surface area contributed by atoms with Crippen LogP contribution in [-0.2, 0) is 18.8 Å². The molecule has 3 heterocycles. The van der Waals surface area contributed by atoms with E-state index in [2.05, 4.69) is 20.2 Å². The summed E-state index contributed by atoms with van der Waals surface area (Å²) in [7, 11) is -0.509. The van der Waals surface area contributed by atoms with Gasteiger partial charge in [0.15, 0.2) is 0 Å². The Kier molecular flexibility index (Phi) is 7.20. The number of amides is 2. The monoisotopic (exact) mass is 475 g/mol. The normalized spacial score (nSPS) is 23.0. The Bertz CT molecular complexity index is 886. The summed E-state index contributed by atoms with van der Waals surface area (Å²) in [5, 5.41) is 2.62. The van der Waals surface area contributed by atoms with Gasteiger partial charge in [-0.25, -0.2) is 14.8 Å². The molecule has 2 amide bonds. The van der Waals surface area contributed by atoms with Gasteiger partial charge < -0.3 is 29.2 Å². The van der Waals surface area contributed by atoms with Gasteiger partial charge in [-0.05, 0) is 62.3 Å². The van der Waals surface area contributed by atoms with Crippen LogP contribution >= 0.6 is 0 Å². The fourth-order valence-electron chi connectivity index (χ4n) is 3.86. The van der Waals surface area contributed by atoms with Gasteiger partial charge in [0, 0.05) is 43.5 Å². The molecule has 0 saturated carbocycles. The van der Waals surface area contributed by atoms with Crippen molar-refractivity contribution < 1.29 is 23.6 Å². The van der Waals surface area contributed by atoms with E-state index in [1.807, 2.05) is 34.6 Å². The number of anilines is 1. The lowest BCUT2D eigenvalue weighted by Gasteiger charge is -2.40. The average molecular weight is 475 g/mol. The third kappa shape index (κ3) is 5.80. The van der Waals surface area contributed by atoms with E-state index in [0.29, 0.717) is 25.6 Å². The molecule has 1 aromatic heterocycles. The molecule has 2 aliphatic heterocycles. The molecule has 2 saturated heterocycles. The second kappa shape index (κ2) is 9.33. The number of nitrogens with zero attached hydrogens (tertiary/aromatic N) is 4. The van der Waals surface area contributed by atoms with Crippen LogP contribution in [0.4, 0.5) is 10.7 Å². The van der Waals surface area contributed by atoms with Crippen LogP contribution < -0.4 is 15.7 Å². The molecule has 0 spiro atoms. The van der Waals surface area contributed by atoms with E-state index >= 15 is 0 Å². The van der Waals surface area contributed by atoms with Crippen molar-refractivity contribution in [3.63, 3.8) is 0 Å². The summed E-state index contributed by atoms with van der Waals surface area (Å²) < 4.78 is 17.4. The lowest BCUT2D eigenvalue weighted by atomic mass is 9.81. The van der Waals surface area contributed by atoms with Crippen LogP contribution in [0, 0.1) is 0 Å². The Morgan fingerprint density at radius 3 is 2.21 bits per heavy atom. The highest BCUT2D eigenvalue weighted by Crippen LogP contribution is 2.36. The first-order valence-corrected chi connectivity index (χ1v) is 11.8. The first kappa shape index (κ1) is 26.2. The van der Waals surface area contributed by atoms with Gasteiger partial charge in [-0.2, -0.15) is 0 Å². The molecule has 2 aliphatic rings. The minimum atomic E-state index is -0.677. The van der Waals surface area contributed by atoms with Crippen molar-refractivity contribution in [2.75, 3.05) is 24.5 Å². The number of rotatable bonds is 4. The molecule has 2 atom stereocenters. The molecule has 0 aromatic carbocycles. The van der Waals surface area contributed by atoms with Gasteiger partial charge in [0.1, 0.15) is 11.6 Å². The maximum Gasteiger partial charge on any atom is 0.498 e. The van der Waals surface area contributed by atoms with Crippen molar-refractivity contribution in [3.8, 4) is 0 Å². The molecule has 0 unspecified atom stereocenters. The highest BCUT2D eigenvalue weighted by atomic mass is 16.7. The number of hydrogen-bond acceptors (Lipinski definition) is 8. The molecule has 1 aromatic rings. The largest absolute Gasteiger partial charge is 0.498 e. The first-order chi connectivity index (χ1) is 15.6. The van der Waals surface area contributed by atoms with E-state index in [1.54, 1.807) is 45.0 Å². The van der Waals surface area contributed by atoms with E-state index in [1.165, 1.54) is 0 Å². The second-order valence-electron chi connectivity index (χ2n) is 11.1. The van der Waals surface area contributed by atoms with Gasteiger partial charge in [0.2, 0.25) is 11.9 Å². The lowest BCUT2D eigenvalue weighted by Crippen LogP contribution is -2.58. The number of carbonyl (C=O) groups excluding carboxylic acids is 2. The molecule has 10 nitrogen and oxygen atoms in total. The zero-order valence-electron chi connectivity index (χ0n) is 21.8. The number of aromatic nitrogens is 2. The van der Waals surface area contributed by atoms with Crippen LogP contribution in [0.15, 0.2) is 12.4 Å². The summed E-state index contributed by atoms with van der Waals surface area (Å²) in [6, 6.07) is -0.668. The van der Waals surface area contributed by atoms with Gasteiger partial charge in [-0.1, -0.05) is 0 Å². The molecule has 0 bridgehead atoms. The molecular weight excluding hydrogens is 437 g/mol. The van der Waals surface area contributed by atoms with Crippen molar-refractivity contribution in [1.82, 2.24) is 20.2 Å². The van der Waals surface area contributed by atoms with Gasteiger partial charge in [-0.15, -0.1) is 0 Å². The molecule has 34 heavy (non-hydrogen) atoms. The quantitative estimate of drug-likeness (QED) is 0.657. The fourth-order valence-corrected chi connectivity index (χ4v) is 3.86. The number of piperazine rings is 1. The van der Waals surface area contributed by atoms with Crippen LogP contribution in [0.25, 0.3) is 0 Å². The maximum absolute atomic E-state index is 12.9. The lowest BCUT2D eigenvalue weighted by molar-refractivity contribution is -0.133. The van der Waals surface area contributed by atoms with Crippen molar-refractivity contribution >= 4 is 30.5 Å². The summed E-state index contributed by atoms with van der Waals surface area (Å²) in [6.45, 7) is 18.7. The Morgan fingerprint density at radius 2 is 1.71 bits per heavy atom. The van der Waals surface area contributed by atoms with Crippen molar-refractivity contribution in [2.45, 2.75) is 91.2 Å². The number of nitrogens with one attached hydrogen (secondary N) is 1. The molecular formula is C23H38BN5O5. The standard InChI is InChI=1S/C23H38BN5O5/c1-15-14-28(18(30)16(2)27-20(31)32-21(3,4)5)10-11-29(15)19-25-12-17(13-26-19)24-33-22(6,7)23(8,9)34-24/h12-13,15-16H,10-11,14H2,1-9H3,(H,27,31)/t15-,16+/m1/s1. The Labute approximate surface area is 202 Å². The van der Waals surface area contributed by atoms with Crippen LogP contribution in [0.2, 0.25) is 0 Å². The number of carbonyl (C=O) groups is 2. The minimum absolute atomic E-state index is 0.00845. The number of hydrogen-bond donors (Lipinski definition) is 1. The summed E-state index contributed by atoms with van der Waals surface area (Å²) >= 11 is 0. The minimum Gasteiger partial charge on any atom is -0.444 e. The van der Waals surface area contributed by atoms with Crippen LogP contribution in [0.1, 0.15) is 62.3 Å². The second-order valence-corrected chi connectivity index (χ2v) is 11.1. The van der Waals surface area contributed by atoms with E-state index < -0.39 is 36.1 Å². The van der Waals surface area contributed by atoms with E-state index in [-0.39, 0.29) is 11.9 Å². The first-order valence-electron chi connectivity index (χ1n) is 11.8. The summed E-state index contributed by atoms with van der Waals surface area (Å²) in [4.78, 5) is 37.8. The van der Waals surface area contributed by atoms with Gasteiger partial charge >= 0.3 is 13.2 Å². The molecule has 1 N–H and O–H groups in total. The predicted octanol–water partition coefficient (Wildman–Crippen LogP) is 1.73. The van der Waals surface area contributed by atoms with Crippen molar-refractivity contribution in [2.24, 2.45) is 0 Å². The van der Waals surface area contributed by atoms with Gasteiger partial charge in [-0.3, -0.25) is 4.79 Å². The molecule has 2 fully saturated rings. The maximum atomic E-state index is 12.9. The Morgan fingerprint density at radius 1 is 1.15 bits per heavy atom. The summed E-state index contributed by atoms with van der Waals surface area (Å²) in [5.41, 5.74) is -0.705. The average Bonchev–Trinajstić information content (AvgIpc) is 2.93. The molecule has 188 valence electrons. The third-order valence-corrected chi connectivity index (χ3v) is 6.48. The molecule has 11 heteroatoms. The molecule has 0 aliphatic carbocycles. The van der Waals surface area contributed by atoms with E-state index in [4.69, 9.17) is 14.0 Å². The highest BCUT2D eigenvalue weighted by Gasteiger charge is 2.52. The summed E-state index contributed by atoms with van der Waals surface area (Å²) in [6.07, 6.45) is 2.87. The van der Waals surface area contributed by atoms with E-state index in [9.17, 15) is 9.59 Å². The van der Waals surface area contributed by atoms with Crippen LogP contribution in [-0.4, -0.2) is 82.5 Å². The fraction of sp³-hybridized carbons (Fsp3) is 0.739. The zero-order chi connectivity index (χ0) is 25.5. The zero-order valence-corrected chi connectivity index (χ0v) is 21.8.